The molecule has 0 spiro atoms. The van der Waals surface area contributed by atoms with Gasteiger partial charge in [0.2, 0.25) is 0 Å². The molecule has 2 N–H and O–H groups in total. The Morgan fingerprint density at radius 2 is 1.77 bits per heavy atom. The van der Waals surface area contributed by atoms with Crippen LogP contribution in [0.1, 0.15) is 29.2 Å². The SMILES string of the molecule is Cc1ccc([C@H]2[C@H](c3ccccn3)NC(=S)N2c2ccc(O)cc2)n1-c1cccnc1. The van der Waals surface area contributed by atoms with Crippen molar-refractivity contribution in [3.63, 3.8) is 0 Å². The molecule has 2 atom stereocenters. The van der Waals surface area contributed by atoms with Crippen molar-refractivity contribution < 1.29 is 5.11 Å². The van der Waals surface area contributed by atoms with Crippen molar-refractivity contribution in [3.8, 4) is 11.4 Å². The van der Waals surface area contributed by atoms with Crippen LogP contribution in [-0.4, -0.2) is 24.8 Å². The van der Waals surface area contributed by atoms with E-state index in [0.717, 1.165) is 28.5 Å². The van der Waals surface area contributed by atoms with Crippen LogP contribution in [0.3, 0.4) is 0 Å². The summed E-state index contributed by atoms with van der Waals surface area (Å²) in [7, 11) is 0. The second-order valence-electron chi connectivity index (χ2n) is 7.46. The predicted octanol–water partition coefficient (Wildman–Crippen LogP) is 4.46. The molecule has 7 heteroatoms. The van der Waals surface area contributed by atoms with E-state index in [4.69, 9.17) is 12.2 Å². The molecule has 1 aliphatic rings. The van der Waals surface area contributed by atoms with Crippen LogP contribution in [0.25, 0.3) is 5.69 Å². The number of hydrogen-bond acceptors (Lipinski definition) is 4. The van der Waals surface area contributed by atoms with E-state index in [1.807, 2.05) is 48.7 Å². The molecule has 6 nitrogen and oxygen atoms in total. The molecule has 0 aliphatic carbocycles. The number of aromatic hydroxyl groups is 1. The van der Waals surface area contributed by atoms with E-state index in [1.165, 1.54) is 0 Å². The molecule has 4 heterocycles. The van der Waals surface area contributed by atoms with Gasteiger partial charge >= 0.3 is 0 Å². The first kappa shape index (κ1) is 19.3. The number of phenols is 1. The number of aromatic nitrogens is 3. The summed E-state index contributed by atoms with van der Waals surface area (Å²) in [5.41, 5.74) is 4.97. The summed E-state index contributed by atoms with van der Waals surface area (Å²) in [5.74, 6) is 0.217. The first-order valence-electron chi connectivity index (χ1n) is 10.0. The molecule has 1 aromatic carbocycles. The predicted molar refractivity (Wildman–Crippen MR) is 124 cm³/mol. The lowest BCUT2D eigenvalue weighted by atomic mass is 10.0. The van der Waals surface area contributed by atoms with Gasteiger partial charge in [0.05, 0.1) is 23.6 Å². The fourth-order valence-corrected chi connectivity index (χ4v) is 4.52. The maximum atomic E-state index is 9.79. The van der Waals surface area contributed by atoms with Crippen LogP contribution in [-0.2, 0) is 0 Å². The van der Waals surface area contributed by atoms with Crippen LogP contribution in [0.4, 0.5) is 5.69 Å². The van der Waals surface area contributed by atoms with Crippen LogP contribution in [0, 0.1) is 6.92 Å². The molecule has 154 valence electrons. The highest BCUT2D eigenvalue weighted by Crippen LogP contribution is 2.42. The fraction of sp³-hybridized carbons (Fsp3) is 0.125. The maximum Gasteiger partial charge on any atom is 0.174 e. The summed E-state index contributed by atoms with van der Waals surface area (Å²) in [6.45, 7) is 2.08. The second-order valence-corrected chi connectivity index (χ2v) is 7.85. The van der Waals surface area contributed by atoms with Crippen LogP contribution < -0.4 is 10.2 Å². The van der Waals surface area contributed by atoms with E-state index in [2.05, 4.69) is 43.8 Å². The zero-order valence-corrected chi connectivity index (χ0v) is 17.7. The summed E-state index contributed by atoms with van der Waals surface area (Å²) < 4.78 is 2.20. The zero-order valence-electron chi connectivity index (χ0n) is 16.9. The Kier molecular flexibility index (Phi) is 4.88. The number of anilines is 1. The number of pyridine rings is 2. The Morgan fingerprint density at radius 1 is 0.935 bits per heavy atom. The molecule has 31 heavy (non-hydrogen) atoms. The van der Waals surface area contributed by atoms with E-state index in [0.29, 0.717) is 5.11 Å². The number of aryl methyl sites for hydroxylation is 1. The number of hydrogen-bond donors (Lipinski definition) is 2. The second kappa shape index (κ2) is 7.85. The molecule has 0 bridgehead atoms. The summed E-state index contributed by atoms with van der Waals surface area (Å²) >= 11 is 5.78. The smallest absolute Gasteiger partial charge is 0.174 e. The van der Waals surface area contributed by atoms with Gasteiger partial charge in [0.15, 0.2) is 5.11 Å². The molecule has 0 radical (unpaired) electrons. The highest BCUT2D eigenvalue weighted by atomic mass is 32.1. The minimum Gasteiger partial charge on any atom is -0.508 e. The van der Waals surface area contributed by atoms with Crippen molar-refractivity contribution in [2.75, 3.05) is 4.90 Å². The minimum absolute atomic E-state index is 0.146. The largest absolute Gasteiger partial charge is 0.508 e. The van der Waals surface area contributed by atoms with Gasteiger partial charge in [-0.25, -0.2) is 0 Å². The van der Waals surface area contributed by atoms with Gasteiger partial charge in [-0.2, -0.15) is 0 Å². The van der Waals surface area contributed by atoms with Gasteiger partial charge < -0.3 is 19.9 Å². The summed E-state index contributed by atoms with van der Waals surface area (Å²) in [6.07, 6.45) is 5.43. The van der Waals surface area contributed by atoms with Crippen LogP contribution >= 0.6 is 12.2 Å². The molecule has 4 aromatic rings. The molecule has 1 saturated heterocycles. The molecule has 1 aliphatic heterocycles. The Hall–Kier alpha value is -3.71. The molecule has 0 amide bonds. The quantitative estimate of drug-likeness (QED) is 0.469. The number of nitrogens with zero attached hydrogens (tertiary/aromatic N) is 4. The topological polar surface area (TPSA) is 66.2 Å². The van der Waals surface area contributed by atoms with Crippen molar-refractivity contribution >= 4 is 23.0 Å². The van der Waals surface area contributed by atoms with E-state index in [1.54, 1.807) is 24.5 Å². The number of rotatable bonds is 4. The third kappa shape index (κ3) is 3.43. The van der Waals surface area contributed by atoms with Crippen molar-refractivity contribution in [2.24, 2.45) is 0 Å². The molecule has 0 saturated carbocycles. The van der Waals surface area contributed by atoms with E-state index >= 15 is 0 Å². The third-order valence-corrected chi connectivity index (χ3v) is 5.85. The molecule has 3 aromatic heterocycles. The van der Waals surface area contributed by atoms with Gasteiger partial charge in [-0.1, -0.05) is 6.07 Å². The lowest BCUT2D eigenvalue weighted by molar-refractivity contribution is 0.475. The summed E-state index contributed by atoms with van der Waals surface area (Å²) in [6, 6.07) is 20.9. The first-order valence-corrected chi connectivity index (χ1v) is 10.4. The fourth-order valence-electron chi connectivity index (χ4n) is 4.17. The van der Waals surface area contributed by atoms with Crippen molar-refractivity contribution in [1.82, 2.24) is 19.9 Å². The Balaban J connectivity index is 1.70. The Morgan fingerprint density at radius 3 is 2.48 bits per heavy atom. The molecule has 1 fully saturated rings. The van der Waals surface area contributed by atoms with Gasteiger partial charge in [0.25, 0.3) is 0 Å². The molecule has 0 unspecified atom stereocenters. The van der Waals surface area contributed by atoms with Crippen molar-refractivity contribution in [1.29, 1.82) is 0 Å². The van der Waals surface area contributed by atoms with E-state index in [-0.39, 0.29) is 17.8 Å². The minimum atomic E-state index is -0.152. The lowest BCUT2D eigenvalue weighted by Gasteiger charge is -2.29. The molecular weight excluding hydrogens is 406 g/mol. The van der Waals surface area contributed by atoms with Crippen molar-refractivity contribution in [3.05, 3.63) is 102 Å². The van der Waals surface area contributed by atoms with Crippen molar-refractivity contribution in [2.45, 2.75) is 19.0 Å². The number of benzene rings is 1. The van der Waals surface area contributed by atoms with E-state index < -0.39 is 0 Å². The average molecular weight is 428 g/mol. The highest BCUT2D eigenvalue weighted by Gasteiger charge is 2.42. The van der Waals surface area contributed by atoms with Gasteiger partial charge in [-0.15, -0.1) is 0 Å². The Labute approximate surface area is 185 Å². The normalized spacial score (nSPS) is 18.2. The van der Waals surface area contributed by atoms with Gasteiger partial charge in [-0.3, -0.25) is 9.97 Å². The highest BCUT2D eigenvalue weighted by molar-refractivity contribution is 7.80. The van der Waals surface area contributed by atoms with Crippen LogP contribution in [0.15, 0.2) is 85.3 Å². The number of nitrogens with one attached hydrogen (secondary N) is 1. The third-order valence-electron chi connectivity index (χ3n) is 5.54. The van der Waals surface area contributed by atoms with Crippen LogP contribution in [0.2, 0.25) is 0 Å². The average Bonchev–Trinajstić information content (AvgIpc) is 3.35. The molecule has 5 rings (SSSR count). The maximum absolute atomic E-state index is 9.79. The molecular formula is C24H21N5OS. The first-order chi connectivity index (χ1) is 15.1. The van der Waals surface area contributed by atoms with Gasteiger partial charge in [-0.05, 0) is 79.8 Å². The monoisotopic (exact) mass is 427 g/mol. The summed E-state index contributed by atoms with van der Waals surface area (Å²) in [4.78, 5) is 11.0. The lowest BCUT2D eigenvalue weighted by Crippen LogP contribution is -2.30. The Bertz CT molecular complexity index is 1210. The van der Waals surface area contributed by atoms with E-state index in [9.17, 15) is 5.11 Å². The van der Waals surface area contributed by atoms with Gasteiger partial charge in [0.1, 0.15) is 11.8 Å². The number of phenolic OH excluding ortho intramolecular Hbond substituents is 1. The standard InChI is InChI=1S/C24H21N5OS/c1-16-7-12-21(28(16)18-5-4-13-25-15-18)23-22(20-6-2-3-14-26-20)27-24(31)29(23)17-8-10-19(30)11-9-17/h2-15,22-23,30H,1H3,(H,27,31)/t22-,23-/m0/s1. The summed E-state index contributed by atoms with van der Waals surface area (Å²) in [5, 5.41) is 13.9. The van der Waals surface area contributed by atoms with Gasteiger partial charge in [0, 0.05) is 29.5 Å². The zero-order chi connectivity index (χ0) is 21.4. The van der Waals surface area contributed by atoms with Crippen LogP contribution in [0.5, 0.6) is 5.75 Å². The number of thiocarbonyl (C=S) groups is 1.